The molecule has 2 aliphatic carbocycles. The summed E-state index contributed by atoms with van der Waals surface area (Å²) in [4.78, 5) is 27.4. The number of hydrazone groups is 1. The van der Waals surface area contributed by atoms with Crippen molar-refractivity contribution in [3.63, 3.8) is 0 Å². The highest BCUT2D eigenvalue weighted by molar-refractivity contribution is 7.86. The van der Waals surface area contributed by atoms with Gasteiger partial charge in [-0.3, -0.25) is 9.58 Å². The number of rotatable bonds is 4. The molecule has 0 N–H and O–H groups in total. The van der Waals surface area contributed by atoms with E-state index in [1.54, 1.807) is 16.0 Å². The zero-order valence-corrected chi connectivity index (χ0v) is 25.1. The van der Waals surface area contributed by atoms with E-state index in [0.29, 0.717) is 44.7 Å². The third-order valence-electron chi connectivity index (χ3n) is 7.11. The molecule has 6 rings (SSSR count). The maximum Gasteiger partial charge on any atom is 0.410 e. The maximum absolute atomic E-state index is 12.1. The molecule has 0 spiro atoms. The van der Waals surface area contributed by atoms with E-state index in [9.17, 15) is 18.0 Å². The van der Waals surface area contributed by atoms with Crippen LogP contribution in [0.2, 0.25) is 0 Å². The zero-order chi connectivity index (χ0) is 29.0. The number of carbonyl (C=O) groups excluding carboxylic acids is 2. The summed E-state index contributed by atoms with van der Waals surface area (Å²) in [6.45, 7) is 14.1. The molecule has 1 saturated heterocycles. The Morgan fingerprint density at radius 1 is 0.950 bits per heavy atom. The lowest BCUT2D eigenvalue weighted by Crippen LogP contribution is -2.36. The van der Waals surface area contributed by atoms with Crippen molar-refractivity contribution >= 4 is 34.1 Å². The molecule has 40 heavy (non-hydrogen) atoms. The van der Waals surface area contributed by atoms with Crippen LogP contribution in [0.3, 0.4) is 0 Å². The predicted octanol–water partition coefficient (Wildman–Crippen LogP) is 3.34. The van der Waals surface area contributed by atoms with Crippen molar-refractivity contribution in [1.82, 2.24) is 19.6 Å². The third kappa shape index (κ3) is 6.67. The summed E-state index contributed by atoms with van der Waals surface area (Å²) in [5, 5.41) is 8.31. The van der Waals surface area contributed by atoms with Gasteiger partial charge in [0.05, 0.1) is 31.5 Å². The number of carbonyl (C=O) groups is 2. The summed E-state index contributed by atoms with van der Waals surface area (Å²) in [5.74, 6) is 0.672. The van der Waals surface area contributed by atoms with E-state index in [-0.39, 0.29) is 23.4 Å². The van der Waals surface area contributed by atoms with Crippen LogP contribution in [-0.2, 0) is 39.1 Å². The molecule has 3 fully saturated rings. The quantitative estimate of drug-likeness (QED) is 0.503. The standard InChI is InChI=1S/C14H21N3O2.C13H20N3O4S/c1-14(2,3)19-13(18)16-8-11-6-15-17(12(11)9-16)7-10-4-5-10;1-13(2,3)20-12(17)15-6-9-7-16(14-11(9)8-15)21(18,19)10-4-5-10/h6,10H,4-5,7-9H2,1-3H3;7,9-10H,4-6,8H2,1-3H3/q;+1. The smallest absolute Gasteiger partial charge is 0.410 e. The molecule has 4 heterocycles. The Hall–Kier alpha value is -2.96. The first-order valence-electron chi connectivity index (χ1n) is 14.0. The molecule has 5 aliphatic rings. The molecule has 12 nitrogen and oxygen atoms in total. The normalized spacial score (nSPS) is 22.2. The fraction of sp³-hybridized carbons (Fsp3) is 0.741. The molecule has 3 aliphatic heterocycles. The van der Waals surface area contributed by atoms with Crippen molar-refractivity contribution in [3.8, 4) is 0 Å². The molecule has 0 aromatic carbocycles. The lowest BCUT2D eigenvalue weighted by molar-refractivity contribution is -0.362. The molecule has 2 amide bonds. The topological polar surface area (TPSA) is 126 Å². The summed E-state index contributed by atoms with van der Waals surface area (Å²) in [5.41, 5.74) is 2.07. The molecule has 0 radical (unpaired) electrons. The van der Waals surface area contributed by atoms with Crippen molar-refractivity contribution in [3.05, 3.63) is 17.5 Å². The summed E-state index contributed by atoms with van der Waals surface area (Å²) in [7, 11) is -3.32. The highest BCUT2D eigenvalue weighted by atomic mass is 32.2. The van der Waals surface area contributed by atoms with E-state index >= 15 is 0 Å². The Morgan fingerprint density at radius 3 is 2.12 bits per heavy atom. The molecular formula is C27H41N6O6S+. The molecule has 2 saturated carbocycles. The van der Waals surface area contributed by atoms with Crippen LogP contribution in [0.5, 0.6) is 0 Å². The van der Waals surface area contributed by atoms with Crippen LogP contribution in [0.25, 0.3) is 0 Å². The molecule has 0 bridgehead atoms. The fourth-order valence-corrected chi connectivity index (χ4v) is 6.34. The lowest BCUT2D eigenvalue weighted by Gasteiger charge is -2.24. The Morgan fingerprint density at radius 2 is 1.57 bits per heavy atom. The number of hydrogen-bond acceptors (Lipinski definition) is 8. The minimum atomic E-state index is -3.32. The Kier molecular flexibility index (Phi) is 7.25. The summed E-state index contributed by atoms with van der Waals surface area (Å²) >= 11 is 0. The first-order chi connectivity index (χ1) is 18.6. The van der Waals surface area contributed by atoms with Crippen LogP contribution >= 0.6 is 0 Å². The van der Waals surface area contributed by atoms with Gasteiger partial charge in [0.2, 0.25) is 6.21 Å². The Bertz CT molecular complexity index is 1340. The lowest BCUT2D eigenvalue weighted by atomic mass is 10.1. The van der Waals surface area contributed by atoms with Crippen LogP contribution in [0.1, 0.15) is 78.5 Å². The average Bonchev–Trinajstić information content (AvgIpc) is 3.66. The van der Waals surface area contributed by atoms with Crippen molar-refractivity contribution in [2.75, 3.05) is 13.1 Å². The number of aromatic nitrogens is 2. The van der Waals surface area contributed by atoms with Crippen molar-refractivity contribution in [1.29, 1.82) is 0 Å². The summed E-state index contributed by atoms with van der Waals surface area (Å²) < 4.78 is 38.1. The van der Waals surface area contributed by atoms with Gasteiger partial charge in [0.15, 0.2) is 0 Å². The van der Waals surface area contributed by atoms with E-state index in [4.69, 9.17) is 9.47 Å². The van der Waals surface area contributed by atoms with Gasteiger partial charge in [0.25, 0.3) is 0 Å². The second kappa shape index (κ2) is 10.1. The molecule has 220 valence electrons. The van der Waals surface area contributed by atoms with Crippen molar-refractivity contribution < 1.29 is 31.6 Å². The van der Waals surface area contributed by atoms with Gasteiger partial charge >= 0.3 is 22.2 Å². The number of hydrogen-bond donors (Lipinski definition) is 0. The third-order valence-corrected chi connectivity index (χ3v) is 9.15. The largest absolute Gasteiger partial charge is 0.444 e. The molecular weight excluding hydrogens is 536 g/mol. The predicted molar refractivity (Wildman–Crippen MR) is 147 cm³/mol. The Labute approximate surface area is 236 Å². The molecule has 1 unspecified atom stereocenters. The number of amides is 2. The van der Waals surface area contributed by atoms with E-state index in [2.05, 4.69) is 14.9 Å². The summed E-state index contributed by atoms with van der Waals surface area (Å²) in [6, 6.07) is 0. The zero-order valence-electron chi connectivity index (χ0n) is 24.3. The second-order valence-electron chi connectivity index (χ2n) is 13.3. The van der Waals surface area contributed by atoms with E-state index < -0.39 is 21.2 Å². The van der Waals surface area contributed by atoms with Crippen LogP contribution in [-0.4, -0.2) is 85.7 Å². The number of ether oxygens (including phenoxy) is 2. The number of likely N-dealkylation sites (tertiary alicyclic amines) is 1. The van der Waals surface area contributed by atoms with Crippen LogP contribution in [0.4, 0.5) is 9.59 Å². The fourth-order valence-electron chi connectivity index (χ4n) is 4.76. The second-order valence-corrected chi connectivity index (χ2v) is 15.4. The monoisotopic (exact) mass is 577 g/mol. The van der Waals surface area contributed by atoms with E-state index in [1.807, 2.05) is 47.7 Å². The minimum absolute atomic E-state index is 0.119. The molecule has 1 aromatic heterocycles. The first-order valence-corrected chi connectivity index (χ1v) is 15.5. The van der Waals surface area contributed by atoms with Gasteiger partial charge in [-0.15, -0.1) is 0 Å². The number of sulfonamides is 1. The van der Waals surface area contributed by atoms with Crippen molar-refractivity contribution in [2.45, 2.75) is 103 Å². The van der Waals surface area contributed by atoms with Gasteiger partial charge in [0.1, 0.15) is 28.1 Å². The van der Waals surface area contributed by atoms with Crippen LogP contribution in [0.15, 0.2) is 11.3 Å². The highest BCUT2D eigenvalue weighted by Crippen LogP contribution is 2.33. The molecule has 1 aromatic rings. The summed E-state index contributed by atoms with van der Waals surface area (Å²) in [6.07, 6.45) is 6.93. The highest BCUT2D eigenvalue weighted by Gasteiger charge is 2.50. The average molecular weight is 578 g/mol. The number of nitrogens with zero attached hydrogens (tertiary/aromatic N) is 6. The van der Waals surface area contributed by atoms with Gasteiger partial charge in [-0.05, 0) is 73.1 Å². The molecule has 1 atom stereocenters. The van der Waals surface area contributed by atoms with Crippen molar-refractivity contribution in [2.24, 2.45) is 16.9 Å². The van der Waals surface area contributed by atoms with Crippen LogP contribution < -0.4 is 0 Å². The van der Waals surface area contributed by atoms with E-state index in [1.165, 1.54) is 18.5 Å². The van der Waals surface area contributed by atoms with E-state index in [0.717, 1.165) is 22.1 Å². The Balaban J connectivity index is 0.000000162. The SMILES string of the molecule is CC(C)(C)OC(=O)N1CC2=N[N+](S(=O)(=O)C3CC3)=CC2C1.CC(C)(C)OC(=O)N1Cc2cnn(CC3CC3)c2C1. The molecule has 13 heteroatoms. The first kappa shape index (κ1) is 28.6. The van der Waals surface area contributed by atoms with Gasteiger partial charge in [-0.1, -0.05) is 0 Å². The van der Waals surface area contributed by atoms with Gasteiger partial charge in [0, 0.05) is 27.8 Å². The van der Waals surface area contributed by atoms with Gasteiger partial charge in [-0.2, -0.15) is 13.5 Å². The van der Waals surface area contributed by atoms with Gasteiger partial charge < -0.3 is 14.4 Å². The number of fused-ring (bicyclic) bond motifs is 2. The minimum Gasteiger partial charge on any atom is -0.444 e. The maximum atomic E-state index is 12.1. The van der Waals surface area contributed by atoms with Gasteiger partial charge in [-0.25, -0.2) is 9.59 Å². The van der Waals surface area contributed by atoms with Crippen LogP contribution in [0, 0.1) is 11.8 Å².